The lowest BCUT2D eigenvalue weighted by molar-refractivity contribution is 0.0502. The van der Waals surface area contributed by atoms with Crippen LogP contribution in [-0.2, 0) is 4.74 Å². The molecule has 1 amide bonds. The normalized spacial score (nSPS) is 14.2. The third kappa shape index (κ3) is 6.91. The van der Waals surface area contributed by atoms with Crippen LogP contribution < -0.4 is 10.6 Å². The Hall–Kier alpha value is -1.75. The van der Waals surface area contributed by atoms with Gasteiger partial charge in [0.1, 0.15) is 11.4 Å². The summed E-state index contributed by atoms with van der Waals surface area (Å²) in [6.07, 6.45) is 0.385. The molecule has 1 aromatic rings. The number of carbonyl (C=O) groups is 1. The standard InChI is InChI=1S/C18H30N2O3/c1-7-14(20-17(22)23-18(4,5)6)11-19-13(3)15-9-8-12(2)10-16(15)21/h8-10,13-14,19,21H,7,11H2,1-6H3,(H,20,22). The Kier molecular flexibility index (Phi) is 6.88. The highest BCUT2D eigenvalue weighted by molar-refractivity contribution is 5.68. The Morgan fingerprint density at radius 3 is 2.52 bits per heavy atom. The molecular weight excluding hydrogens is 292 g/mol. The number of benzene rings is 1. The first kappa shape index (κ1) is 19.3. The summed E-state index contributed by atoms with van der Waals surface area (Å²) in [5.41, 5.74) is 1.37. The van der Waals surface area contributed by atoms with Crippen molar-refractivity contribution in [3.63, 3.8) is 0 Å². The van der Waals surface area contributed by atoms with Gasteiger partial charge in [-0.1, -0.05) is 19.1 Å². The van der Waals surface area contributed by atoms with Gasteiger partial charge in [-0.05, 0) is 52.7 Å². The molecule has 0 aromatic heterocycles. The number of aromatic hydroxyl groups is 1. The van der Waals surface area contributed by atoms with Gasteiger partial charge >= 0.3 is 6.09 Å². The summed E-state index contributed by atoms with van der Waals surface area (Å²) in [5, 5.41) is 16.2. The number of amides is 1. The highest BCUT2D eigenvalue weighted by Crippen LogP contribution is 2.24. The predicted molar refractivity (Wildman–Crippen MR) is 92.7 cm³/mol. The molecule has 2 atom stereocenters. The zero-order chi connectivity index (χ0) is 17.6. The maximum absolute atomic E-state index is 11.8. The third-order valence-electron chi connectivity index (χ3n) is 3.54. The lowest BCUT2D eigenvalue weighted by atomic mass is 10.0. The van der Waals surface area contributed by atoms with Crippen LogP contribution in [0, 0.1) is 6.92 Å². The molecular formula is C18H30N2O3. The van der Waals surface area contributed by atoms with E-state index < -0.39 is 11.7 Å². The molecule has 5 nitrogen and oxygen atoms in total. The van der Waals surface area contributed by atoms with E-state index in [2.05, 4.69) is 10.6 Å². The highest BCUT2D eigenvalue weighted by Gasteiger charge is 2.19. The lowest BCUT2D eigenvalue weighted by Crippen LogP contribution is -2.44. The Bertz CT molecular complexity index is 523. The maximum Gasteiger partial charge on any atom is 0.407 e. The van der Waals surface area contributed by atoms with Crippen molar-refractivity contribution >= 4 is 6.09 Å². The van der Waals surface area contributed by atoms with Crippen molar-refractivity contribution in [3.05, 3.63) is 29.3 Å². The van der Waals surface area contributed by atoms with Gasteiger partial charge in [0, 0.05) is 24.2 Å². The van der Waals surface area contributed by atoms with Crippen LogP contribution in [0.3, 0.4) is 0 Å². The number of hydrogen-bond acceptors (Lipinski definition) is 4. The molecule has 1 aromatic carbocycles. The fourth-order valence-corrected chi connectivity index (χ4v) is 2.22. The summed E-state index contributed by atoms with van der Waals surface area (Å²) >= 11 is 0. The van der Waals surface area contributed by atoms with Crippen molar-refractivity contribution < 1.29 is 14.6 Å². The van der Waals surface area contributed by atoms with Gasteiger partial charge in [-0.2, -0.15) is 0 Å². The van der Waals surface area contributed by atoms with Gasteiger partial charge in [-0.3, -0.25) is 0 Å². The van der Waals surface area contributed by atoms with Gasteiger partial charge < -0.3 is 20.5 Å². The Labute approximate surface area is 139 Å². The van der Waals surface area contributed by atoms with Crippen LogP contribution in [0.4, 0.5) is 4.79 Å². The van der Waals surface area contributed by atoms with Gasteiger partial charge in [0.05, 0.1) is 0 Å². The van der Waals surface area contributed by atoms with E-state index in [0.717, 1.165) is 17.5 Å². The summed E-state index contributed by atoms with van der Waals surface area (Å²) in [4.78, 5) is 11.8. The molecule has 130 valence electrons. The van der Waals surface area contributed by atoms with Crippen molar-refractivity contribution in [2.75, 3.05) is 6.54 Å². The van der Waals surface area contributed by atoms with E-state index in [0.29, 0.717) is 6.54 Å². The molecule has 1 rings (SSSR count). The number of ether oxygens (including phenoxy) is 1. The largest absolute Gasteiger partial charge is 0.508 e. The fraction of sp³-hybridized carbons (Fsp3) is 0.611. The molecule has 0 aliphatic carbocycles. The molecule has 0 aliphatic heterocycles. The minimum atomic E-state index is -0.503. The van der Waals surface area contributed by atoms with E-state index in [-0.39, 0.29) is 17.8 Å². The van der Waals surface area contributed by atoms with E-state index in [1.165, 1.54) is 0 Å². The van der Waals surface area contributed by atoms with Crippen molar-refractivity contribution in [2.45, 2.75) is 65.6 Å². The molecule has 0 aliphatic rings. The minimum absolute atomic E-state index is 0.00918. The Balaban J connectivity index is 2.55. The summed E-state index contributed by atoms with van der Waals surface area (Å²) in [5.74, 6) is 0.290. The quantitative estimate of drug-likeness (QED) is 0.747. The summed E-state index contributed by atoms with van der Waals surface area (Å²) < 4.78 is 5.28. The number of phenolic OH excluding ortho intramolecular Hbond substituents is 1. The zero-order valence-electron chi connectivity index (χ0n) is 15.1. The number of phenols is 1. The fourth-order valence-electron chi connectivity index (χ4n) is 2.22. The molecule has 3 N–H and O–H groups in total. The van der Waals surface area contributed by atoms with E-state index >= 15 is 0 Å². The lowest BCUT2D eigenvalue weighted by Gasteiger charge is -2.24. The topological polar surface area (TPSA) is 70.6 Å². The van der Waals surface area contributed by atoms with Gasteiger partial charge in [-0.15, -0.1) is 0 Å². The average molecular weight is 322 g/mol. The van der Waals surface area contributed by atoms with Crippen LogP contribution in [0.2, 0.25) is 0 Å². The van der Waals surface area contributed by atoms with Crippen LogP contribution in [0.5, 0.6) is 5.75 Å². The van der Waals surface area contributed by atoms with Gasteiger partial charge in [0.2, 0.25) is 0 Å². The number of nitrogens with one attached hydrogen (secondary N) is 2. The van der Waals surface area contributed by atoms with Crippen molar-refractivity contribution in [1.29, 1.82) is 0 Å². The summed E-state index contributed by atoms with van der Waals surface area (Å²) in [6, 6.07) is 5.61. The number of aryl methyl sites for hydroxylation is 1. The monoisotopic (exact) mass is 322 g/mol. The first-order chi connectivity index (χ1) is 10.6. The second-order valence-electron chi connectivity index (χ2n) is 6.94. The number of alkyl carbamates (subject to hydrolysis) is 1. The first-order valence-corrected chi connectivity index (χ1v) is 8.14. The van der Waals surface area contributed by atoms with E-state index in [9.17, 15) is 9.90 Å². The third-order valence-corrected chi connectivity index (χ3v) is 3.54. The second kappa shape index (κ2) is 8.20. The van der Waals surface area contributed by atoms with Crippen LogP contribution >= 0.6 is 0 Å². The van der Waals surface area contributed by atoms with Crippen LogP contribution in [-0.4, -0.2) is 29.4 Å². The molecule has 0 spiro atoms. The smallest absolute Gasteiger partial charge is 0.407 e. The molecule has 5 heteroatoms. The zero-order valence-corrected chi connectivity index (χ0v) is 15.1. The molecule has 0 heterocycles. The SMILES string of the molecule is CCC(CNC(C)c1ccc(C)cc1O)NC(=O)OC(C)(C)C. The maximum atomic E-state index is 11.8. The van der Waals surface area contributed by atoms with Crippen LogP contribution in [0.25, 0.3) is 0 Å². The number of hydrogen-bond donors (Lipinski definition) is 3. The minimum Gasteiger partial charge on any atom is -0.508 e. The molecule has 2 unspecified atom stereocenters. The summed E-state index contributed by atoms with van der Waals surface area (Å²) in [6.45, 7) is 12.1. The second-order valence-corrected chi connectivity index (χ2v) is 6.94. The van der Waals surface area contributed by atoms with Gasteiger partial charge in [-0.25, -0.2) is 4.79 Å². The average Bonchev–Trinajstić information content (AvgIpc) is 2.41. The molecule has 0 saturated heterocycles. The highest BCUT2D eigenvalue weighted by atomic mass is 16.6. The van der Waals surface area contributed by atoms with E-state index in [1.54, 1.807) is 6.07 Å². The predicted octanol–water partition coefficient (Wildman–Crippen LogP) is 3.65. The number of carbonyl (C=O) groups excluding carboxylic acids is 1. The summed E-state index contributed by atoms with van der Waals surface area (Å²) in [7, 11) is 0. The van der Waals surface area contributed by atoms with Gasteiger partial charge in [0.15, 0.2) is 0 Å². The molecule has 23 heavy (non-hydrogen) atoms. The van der Waals surface area contributed by atoms with E-state index in [1.807, 2.05) is 53.7 Å². The molecule has 0 radical (unpaired) electrons. The van der Waals surface area contributed by atoms with Crippen molar-refractivity contribution in [2.24, 2.45) is 0 Å². The number of rotatable bonds is 6. The molecule has 0 fully saturated rings. The Morgan fingerprint density at radius 1 is 1.35 bits per heavy atom. The van der Waals surface area contributed by atoms with Gasteiger partial charge in [0.25, 0.3) is 0 Å². The molecule has 0 saturated carbocycles. The van der Waals surface area contributed by atoms with E-state index in [4.69, 9.17) is 4.74 Å². The van der Waals surface area contributed by atoms with Crippen LogP contribution in [0.15, 0.2) is 18.2 Å². The van der Waals surface area contributed by atoms with Crippen molar-refractivity contribution in [3.8, 4) is 5.75 Å². The van der Waals surface area contributed by atoms with Crippen molar-refractivity contribution in [1.82, 2.24) is 10.6 Å². The first-order valence-electron chi connectivity index (χ1n) is 8.14. The molecule has 0 bridgehead atoms. The van der Waals surface area contributed by atoms with Crippen LogP contribution in [0.1, 0.15) is 58.2 Å². The Morgan fingerprint density at radius 2 is 2.00 bits per heavy atom.